The molecule has 6 unspecified atom stereocenters. The van der Waals surface area contributed by atoms with Crippen LogP contribution >= 0.6 is 39.0 Å². The number of rotatable bonds is 9. The first kappa shape index (κ1) is 33.7. The average Bonchev–Trinajstić information content (AvgIpc) is 3.87. The molecular weight excluding hydrogens is 758 g/mol. The van der Waals surface area contributed by atoms with Crippen LogP contribution in [0.15, 0.2) is 81.0 Å². The van der Waals surface area contributed by atoms with Gasteiger partial charge in [0.25, 0.3) is 5.91 Å². The number of thiazole rings is 1. The van der Waals surface area contributed by atoms with Crippen LogP contribution in [0.5, 0.6) is 11.5 Å². The van der Waals surface area contributed by atoms with Gasteiger partial charge in [0, 0.05) is 26.2 Å². The highest BCUT2D eigenvalue weighted by atomic mass is 79.9. The highest BCUT2D eigenvalue weighted by Crippen LogP contribution is 2.68. The Morgan fingerprint density at radius 2 is 1.69 bits per heavy atom. The highest BCUT2D eigenvalue weighted by molar-refractivity contribution is 9.10. The standard InChI is InChI=1S/C37H32BrN3O8S2/c1-3-48-36(45)17-4-9-20(10-5-17)39-26(42)16-49-24-13-6-18(14-25(24)47-2)27-28-22-15-23(31(28)50-33-32(27)51-37(46)40-33)30-29(22)34(43)41(35(30)44)21-11-7-19(38)8-12-21/h4-14,22-23,27-31H,3,15-16H2,1-2H3,(H,39,42)(H,40,46)/t22?,23?,27-,28?,29?,30?,31?/m1/s1. The molecule has 1 saturated heterocycles. The van der Waals surface area contributed by atoms with Crippen molar-refractivity contribution < 1.29 is 33.4 Å². The maximum Gasteiger partial charge on any atom is 0.338 e. The summed E-state index contributed by atoms with van der Waals surface area (Å²) in [6.07, 6.45) is 0.776. The van der Waals surface area contributed by atoms with Gasteiger partial charge in [-0.15, -0.1) is 11.8 Å². The van der Waals surface area contributed by atoms with Gasteiger partial charge in [-0.2, -0.15) is 0 Å². The van der Waals surface area contributed by atoms with Crippen molar-refractivity contribution in [3.05, 3.63) is 96.9 Å². The summed E-state index contributed by atoms with van der Waals surface area (Å²) in [4.78, 5) is 70.5. The lowest BCUT2D eigenvalue weighted by Crippen LogP contribution is -2.42. The first-order valence-electron chi connectivity index (χ1n) is 16.6. The Labute approximate surface area is 309 Å². The number of halogens is 1. The maximum absolute atomic E-state index is 14.0. The molecule has 3 heterocycles. The third-order valence-electron chi connectivity index (χ3n) is 10.4. The number of hydrogen-bond donors (Lipinski definition) is 2. The molecule has 3 fully saturated rings. The molecule has 7 atom stereocenters. The number of methoxy groups -OCH3 is 1. The molecule has 2 saturated carbocycles. The number of fused-ring (bicyclic) bond motifs is 9. The van der Waals surface area contributed by atoms with Crippen LogP contribution in [-0.2, 0) is 19.1 Å². The van der Waals surface area contributed by atoms with Crippen molar-refractivity contribution >= 4 is 74.1 Å². The lowest BCUT2D eigenvalue weighted by Gasteiger charge is -2.43. The summed E-state index contributed by atoms with van der Waals surface area (Å²) >= 11 is 6.25. The Hall–Kier alpha value is -4.40. The number of anilines is 2. The van der Waals surface area contributed by atoms with Gasteiger partial charge in [0.2, 0.25) is 11.8 Å². The van der Waals surface area contributed by atoms with E-state index in [0.717, 1.165) is 26.4 Å². The Balaban J connectivity index is 1.03. The summed E-state index contributed by atoms with van der Waals surface area (Å²) < 4.78 is 17.5. The van der Waals surface area contributed by atoms with Crippen LogP contribution in [0.25, 0.3) is 0 Å². The fourth-order valence-corrected chi connectivity index (χ4v) is 11.6. The minimum Gasteiger partial charge on any atom is -0.493 e. The van der Waals surface area contributed by atoms with E-state index in [-0.39, 0.29) is 64.7 Å². The Morgan fingerprint density at radius 1 is 0.961 bits per heavy atom. The zero-order chi connectivity index (χ0) is 35.6. The second-order valence-corrected chi connectivity index (χ2v) is 16.1. The molecule has 0 spiro atoms. The van der Waals surface area contributed by atoms with Crippen LogP contribution in [0.4, 0.5) is 11.4 Å². The normalized spacial score (nSPS) is 25.6. The summed E-state index contributed by atoms with van der Waals surface area (Å²) in [7, 11) is 1.53. The van der Waals surface area contributed by atoms with Gasteiger partial charge >= 0.3 is 10.8 Å². The molecule has 1 aromatic heterocycles. The van der Waals surface area contributed by atoms with Crippen molar-refractivity contribution in [2.75, 3.05) is 30.5 Å². The van der Waals surface area contributed by atoms with Crippen LogP contribution in [0.3, 0.4) is 0 Å². The summed E-state index contributed by atoms with van der Waals surface area (Å²) in [5.74, 6) is -1.38. The van der Waals surface area contributed by atoms with E-state index < -0.39 is 17.8 Å². The number of esters is 1. The Bertz CT molecular complexity index is 2120. The van der Waals surface area contributed by atoms with Crippen molar-refractivity contribution in [3.8, 4) is 11.5 Å². The molecule has 262 valence electrons. The number of amides is 3. The first-order chi connectivity index (χ1) is 24.7. The Morgan fingerprint density at radius 3 is 2.39 bits per heavy atom. The zero-order valence-electron chi connectivity index (χ0n) is 27.4. The van der Waals surface area contributed by atoms with E-state index in [1.54, 1.807) is 61.2 Å². The number of nitrogens with zero attached hydrogens (tertiary/aromatic N) is 1. The van der Waals surface area contributed by atoms with Gasteiger partial charge in [0.1, 0.15) is 0 Å². The van der Waals surface area contributed by atoms with Crippen molar-refractivity contribution in [2.45, 2.75) is 29.5 Å². The lowest BCUT2D eigenvalue weighted by atomic mass is 9.68. The fourth-order valence-electron chi connectivity index (χ4n) is 8.48. The van der Waals surface area contributed by atoms with Gasteiger partial charge in [0.15, 0.2) is 18.1 Å². The molecule has 2 bridgehead atoms. The molecule has 2 N–H and O–H groups in total. The number of H-pyrrole nitrogens is 1. The van der Waals surface area contributed by atoms with E-state index in [1.165, 1.54) is 23.3 Å². The van der Waals surface area contributed by atoms with Gasteiger partial charge < -0.3 is 24.5 Å². The second kappa shape index (κ2) is 13.3. The lowest BCUT2D eigenvalue weighted by molar-refractivity contribution is -0.123. The summed E-state index contributed by atoms with van der Waals surface area (Å²) in [5, 5.41) is 3.61. The molecule has 3 aromatic carbocycles. The highest BCUT2D eigenvalue weighted by Gasteiger charge is 2.69. The molecule has 0 radical (unpaired) electrons. The van der Waals surface area contributed by atoms with Crippen LogP contribution in [0.2, 0.25) is 0 Å². The predicted molar refractivity (Wildman–Crippen MR) is 195 cm³/mol. The number of imide groups is 1. The molecule has 14 heteroatoms. The third-order valence-corrected chi connectivity index (χ3v) is 13.5. The molecule has 8 rings (SSSR count). The number of ether oxygens (including phenoxy) is 3. The van der Waals surface area contributed by atoms with Crippen molar-refractivity contribution in [2.24, 2.45) is 29.6 Å². The molecule has 2 aliphatic heterocycles. The average molecular weight is 791 g/mol. The topological polar surface area (TPSA) is 144 Å². The number of nitrogens with one attached hydrogen (secondary N) is 2. The summed E-state index contributed by atoms with van der Waals surface area (Å²) in [6.45, 7) is 1.71. The van der Waals surface area contributed by atoms with Crippen molar-refractivity contribution in [3.63, 3.8) is 0 Å². The number of aromatic amines is 1. The van der Waals surface area contributed by atoms with Crippen molar-refractivity contribution in [1.29, 1.82) is 0 Å². The van der Waals surface area contributed by atoms with Gasteiger partial charge in [-0.3, -0.25) is 24.1 Å². The summed E-state index contributed by atoms with van der Waals surface area (Å²) in [5.41, 5.74) is 2.37. The van der Waals surface area contributed by atoms with E-state index >= 15 is 0 Å². The monoisotopic (exact) mass is 789 g/mol. The number of benzene rings is 3. The third kappa shape index (κ3) is 5.77. The largest absolute Gasteiger partial charge is 0.493 e. The van der Waals surface area contributed by atoms with Gasteiger partial charge in [0.05, 0.1) is 41.8 Å². The number of carbonyl (C=O) groups is 4. The second-order valence-electron chi connectivity index (χ2n) is 13.0. The molecule has 2 aliphatic carbocycles. The minimum absolute atomic E-state index is 0.00432. The molecule has 3 amide bonds. The van der Waals surface area contributed by atoms with Crippen LogP contribution in [0, 0.1) is 29.6 Å². The van der Waals surface area contributed by atoms with E-state index in [9.17, 15) is 24.0 Å². The quantitative estimate of drug-likeness (QED) is 0.152. The molecule has 4 aliphatic rings. The fraction of sp³-hybridized carbons (Fsp3) is 0.324. The molecule has 51 heavy (non-hydrogen) atoms. The Kier molecular flexibility index (Phi) is 8.79. The number of carbonyl (C=O) groups excluding carboxylic acids is 4. The van der Waals surface area contributed by atoms with Crippen LogP contribution < -0.4 is 24.6 Å². The first-order valence-corrected chi connectivity index (χ1v) is 19.1. The van der Waals surface area contributed by atoms with Crippen LogP contribution in [0.1, 0.15) is 40.1 Å². The SMILES string of the molecule is CCOC(=O)c1ccc(NC(=O)COc2ccc([C@H]3c4sc(=O)[nH]c4SC4C5CC(C6C(=O)N(c7ccc(Br)cc7)C(=O)C56)C43)cc2OC)cc1. The van der Waals surface area contributed by atoms with E-state index in [2.05, 4.69) is 26.2 Å². The van der Waals surface area contributed by atoms with E-state index in [1.807, 2.05) is 24.3 Å². The number of aromatic nitrogens is 1. The zero-order valence-corrected chi connectivity index (χ0v) is 30.6. The van der Waals surface area contributed by atoms with E-state index in [0.29, 0.717) is 28.4 Å². The van der Waals surface area contributed by atoms with Gasteiger partial charge in [-0.1, -0.05) is 33.3 Å². The van der Waals surface area contributed by atoms with E-state index in [4.69, 9.17) is 14.2 Å². The maximum atomic E-state index is 14.0. The van der Waals surface area contributed by atoms with Gasteiger partial charge in [-0.05, 0) is 97.3 Å². The predicted octanol–water partition coefficient (Wildman–Crippen LogP) is 6.08. The smallest absolute Gasteiger partial charge is 0.338 e. The molecule has 11 nitrogen and oxygen atoms in total. The number of hydrogen-bond acceptors (Lipinski definition) is 10. The molecule has 4 aromatic rings. The minimum atomic E-state index is -0.436. The molecular formula is C37H32BrN3O8S2. The van der Waals surface area contributed by atoms with Crippen LogP contribution in [-0.4, -0.2) is 54.2 Å². The van der Waals surface area contributed by atoms with Gasteiger partial charge in [-0.25, -0.2) is 4.79 Å². The number of thioether (sulfide) groups is 1. The summed E-state index contributed by atoms with van der Waals surface area (Å²) in [6, 6.07) is 19.2. The van der Waals surface area contributed by atoms with Crippen molar-refractivity contribution in [1.82, 2.24) is 4.98 Å².